The Morgan fingerprint density at radius 2 is 0.906 bits per heavy atom. The van der Waals surface area contributed by atoms with Crippen LogP contribution in [0.15, 0.2) is 188 Å². The third kappa shape index (κ3) is 5.05. The molecular formula is C51H37NS. The second-order valence-corrected chi connectivity index (χ2v) is 15.5. The highest BCUT2D eigenvalue weighted by molar-refractivity contribution is 7.25. The Bertz CT molecular complexity index is 2810. The molecule has 0 saturated carbocycles. The number of rotatable bonds is 6. The van der Waals surface area contributed by atoms with Gasteiger partial charge in [0.1, 0.15) is 0 Å². The molecule has 8 aromatic carbocycles. The van der Waals surface area contributed by atoms with Crippen LogP contribution in [0, 0.1) is 0 Å². The van der Waals surface area contributed by atoms with Crippen molar-refractivity contribution in [3.8, 4) is 44.5 Å². The van der Waals surface area contributed by atoms with E-state index < -0.39 is 0 Å². The van der Waals surface area contributed by atoms with Gasteiger partial charge in [-0.3, -0.25) is 0 Å². The Labute approximate surface area is 315 Å². The summed E-state index contributed by atoms with van der Waals surface area (Å²) in [6, 6.07) is 69.1. The minimum absolute atomic E-state index is 0.124. The molecule has 0 spiro atoms. The highest BCUT2D eigenvalue weighted by Gasteiger charge is 2.38. The Balaban J connectivity index is 1.25. The largest absolute Gasteiger partial charge is 0.309 e. The smallest absolute Gasteiger partial charge is 0.0543 e. The molecule has 1 heterocycles. The third-order valence-corrected chi connectivity index (χ3v) is 12.2. The molecule has 1 aliphatic rings. The predicted molar refractivity (Wildman–Crippen MR) is 228 cm³/mol. The van der Waals surface area contributed by atoms with Crippen LogP contribution in [-0.4, -0.2) is 0 Å². The van der Waals surface area contributed by atoms with Crippen molar-refractivity contribution in [2.45, 2.75) is 19.3 Å². The molecule has 10 rings (SSSR count). The minimum Gasteiger partial charge on any atom is -0.309 e. The van der Waals surface area contributed by atoms with Crippen LogP contribution in [0.1, 0.15) is 25.0 Å². The fraction of sp³-hybridized carbons (Fsp3) is 0.0588. The van der Waals surface area contributed by atoms with E-state index >= 15 is 0 Å². The second-order valence-electron chi connectivity index (χ2n) is 14.5. The van der Waals surface area contributed by atoms with E-state index in [4.69, 9.17) is 0 Å². The lowest BCUT2D eigenvalue weighted by atomic mass is 9.82. The van der Waals surface area contributed by atoms with E-state index in [0.29, 0.717) is 0 Å². The molecule has 1 aromatic heterocycles. The van der Waals surface area contributed by atoms with Crippen LogP contribution < -0.4 is 4.90 Å². The van der Waals surface area contributed by atoms with Gasteiger partial charge in [0.25, 0.3) is 0 Å². The van der Waals surface area contributed by atoms with E-state index in [1.54, 1.807) is 0 Å². The van der Waals surface area contributed by atoms with E-state index in [1.807, 2.05) is 11.3 Å². The lowest BCUT2D eigenvalue weighted by Crippen LogP contribution is -2.16. The van der Waals surface area contributed by atoms with E-state index in [-0.39, 0.29) is 5.41 Å². The van der Waals surface area contributed by atoms with Crippen LogP contribution >= 0.6 is 11.3 Å². The first-order valence-corrected chi connectivity index (χ1v) is 19.2. The van der Waals surface area contributed by atoms with Gasteiger partial charge in [-0.25, -0.2) is 0 Å². The standard InChI is InChI=1S/C51H37NS/c1-51(2)42-23-10-6-20-40(42)50-43(51)24-15-27-46(50)52(44-25-11-7-18-37(44)36-32-30-35(31-33-36)34-16-4-3-5-17-34)45-26-12-8-19-38(45)39-22-14-29-48-49(39)41-21-9-13-28-47(41)53-48/h3-33H,1-2H3. The molecule has 9 aromatic rings. The zero-order valence-electron chi connectivity index (χ0n) is 29.8. The van der Waals surface area contributed by atoms with E-state index in [2.05, 4.69) is 207 Å². The van der Waals surface area contributed by atoms with Gasteiger partial charge in [0.15, 0.2) is 0 Å². The van der Waals surface area contributed by atoms with Crippen LogP contribution in [0.2, 0.25) is 0 Å². The maximum Gasteiger partial charge on any atom is 0.0543 e. The quantitative estimate of drug-likeness (QED) is 0.167. The molecule has 0 saturated heterocycles. The molecule has 252 valence electrons. The van der Waals surface area contributed by atoms with Crippen molar-refractivity contribution in [2.75, 3.05) is 4.90 Å². The van der Waals surface area contributed by atoms with Crippen LogP contribution in [0.4, 0.5) is 17.1 Å². The number of fused-ring (bicyclic) bond motifs is 6. The molecule has 1 aliphatic carbocycles. The summed E-state index contributed by atoms with van der Waals surface area (Å²) in [6.07, 6.45) is 0. The van der Waals surface area contributed by atoms with Crippen molar-refractivity contribution in [3.63, 3.8) is 0 Å². The van der Waals surface area contributed by atoms with E-state index in [1.165, 1.54) is 81.5 Å². The van der Waals surface area contributed by atoms with Gasteiger partial charge >= 0.3 is 0 Å². The summed E-state index contributed by atoms with van der Waals surface area (Å²) in [5.41, 5.74) is 15.9. The Hall–Kier alpha value is -6.22. The number of thiophene rings is 1. The van der Waals surface area contributed by atoms with Crippen LogP contribution in [0.3, 0.4) is 0 Å². The van der Waals surface area contributed by atoms with Crippen molar-refractivity contribution in [1.82, 2.24) is 0 Å². The number of hydrogen-bond acceptors (Lipinski definition) is 2. The first-order valence-electron chi connectivity index (χ1n) is 18.4. The SMILES string of the molecule is CC1(C)c2ccccc2-c2c(N(c3ccccc3-c3ccc(-c4ccccc4)cc3)c3ccccc3-c3cccc4sc5ccccc5c34)cccc21. The zero-order chi connectivity index (χ0) is 35.5. The van der Waals surface area contributed by atoms with Crippen molar-refractivity contribution in [1.29, 1.82) is 0 Å². The summed E-state index contributed by atoms with van der Waals surface area (Å²) >= 11 is 1.87. The van der Waals surface area contributed by atoms with Gasteiger partial charge in [0.2, 0.25) is 0 Å². The average Bonchev–Trinajstić information content (AvgIpc) is 3.71. The van der Waals surface area contributed by atoms with Crippen LogP contribution in [0.25, 0.3) is 64.7 Å². The molecule has 0 bridgehead atoms. The molecule has 0 fully saturated rings. The topological polar surface area (TPSA) is 3.24 Å². The molecule has 2 heteroatoms. The fourth-order valence-electron chi connectivity index (χ4n) is 8.59. The average molecular weight is 696 g/mol. The van der Waals surface area contributed by atoms with Crippen molar-refractivity contribution in [2.24, 2.45) is 0 Å². The van der Waals surface area contributed by atoms with Gasteiger partial charge in [-0.15, -0.1) is 11.3 Å². The zero-order valence-corrected chi connectivity index (χ0v) is 30.6. The van der Waals surface area contributed by atoms with Crippen molar-refractivity contribution >= 4 is 48.6 Å². The van der Waals surface area contributed by atoms with Crippen LogP contribution in [-0.2, 0) is 5.41 Å². The molecule has 0 aliphatic heterocycles. The molecule has 0 unspecified atom stereocenters. The lowest BCUT2D eigenvalue weighted by Gasteiger charge is -2.32. The van der Waals surface area contributed by atoms with Gasteiger partial charge < -0.3 is 4.90 Å². The number of anilines is 3. The molecule has 0 atom stereocenters. The Morgan fingerprint density at radius 1 is 0.377 bits per heavy atom. The van der Waals surface area contributed by atoms with Gasteiger partial charge in [0, 0.05) is 42.3 Å². The summed E-state index contributed by atoms with van der Waals surface area (Å²) in [4.78, 5) is 2.54. The maximum atomic E-state index is 2.54. The number of nitrogens with zero attached hydrogens (tertiary/aromatic N) is 1. The monoisotopic (exact) mass is 695 g/mol. The van der Waals surface area contributed by atoms with E-state index in [0.717, 1.165) is 11.4 Å². The number of benzene rings is 8. The summed E-state index contributed by atoms with van der Waals surface area (Å²) < 4.78 is 2.62. The molecular weight excluding hydrogens is 659 g/mol. The molecule has 53 heavy (non-hydrogen) atoms. The molecule has 1 nitrogen and oxygen atoms in total. The Morgan fingerprint density at radius 3 is 1.72 bits per heavy atom. The lowest BCUT2D eigenvalue weighted by molar-refractivity contribution is 0.660. The second kappa shape index (κ2) is 12.5. The molecule has 0 N–H and O–H groups in total. The van der Waals surface area contributed by atoms with Crippen molar-refractivity contribution in [3.05, 3.63) is 199 Å². The maximum absolute atomic E-state index is 2.54. The Kier molecular flexibility index (Phi) is 7.42. The fourth-order valence-corrected chi connectivity index (χ4v) is 9.72. The first kappa shape index (κ1) is 31.5. The highest BCUT2D eigenvalue weighted by atomic mass is 32.1. The number of para-hydroxylation sites is 2. The van der Waals surface area contributed by atoms with Crippen LogP contribution in [0.5, 0.6) is 0 Å². The summed E-state index contributed by atoms with van der Waals surface area (Å²) in [6.45, 7) is 4.73. The first-order chi connectivity index (χ1) is 26.1. The molecule has 0 radical (unpaired) electrons. The normalized spacial score (nSPS) is 12.9. The van der Waals surface area contributed by atoms with Crippen molar-refractivity contribution < 1.29 is 0 Å². The van der Waals surface area contributed by atoms with Gasteiger partial charge in [-0.2, -0.15) is 0 Å². The summed E-state index contributed by atoms with van der Waals surface area (Å²) in [7, 11) is 0. The van der Waals surface area contributed by atoms with Gasteiger partial charge in [-0.1, -0.05) is 172 Å². The third-order valence-electron chi connectivity index (χ3n) is 11.1. The predicted octanol–water partition coefficient (Wildman–Crippen LogP) is 14.8. The van der Waals surface area contributed by atoms with Gasteiger partial charge in [-0.05, 0) is 69.3 Å². The van der Waals surface area contributed by atoms with Gasteiger partial charge in [0.05, 0.1) is 17.1 Å². The summed E-state index contributed by atoms with van der Waals surface area (Å²) in [5.74, 6) is 0. The minimum atomic E-state index is -0.124. The van der Waals surface area contributed by atoms with E-state index in [9.17, 15) is 0 Å². The summed E-state index contributed by atoms with van der Waals surface area (Å²) in [5, 5.41) is 2.62. The number of hydrogen-bond donors (Lipinski definition) is 0. The highest BCUT2D eigenvalue weighted by Crippen LogP contribution is 2.56. The molecule has 0 amide bonds.